The highest BCUT2D eigenvalue weighted by Gasteiger charge is 2.19. The van der Waals surface area contributed by atoms with E-state index in [2.05, 4.69) is 10.3 Å². The minimum atomic E-state index is -0.0787. The molecule has 5 heteroatoms. The molecule has 1 aliphatic rings. The van der Waals surface area contributed by atoms with E-state index in [-0.39, 0.29) is 11.9 Å². The van der Waals surface area contributed by atoms with Gasteiger partial charge in [-0.15, -0.1) is 0 Å². The first-order valence-electron chi connectivity index (χ1n) is 5.90. The minimum absolute atomic E-state index is 0.0452. The van der Waals surface area contributed by atoms with Crippen molar-refractivity contribution in [3.05, 3.63) is 23.9 Å². The smallest absolute Gasteiger partial charge is 0.239 e. The maximum Gasteiger partial charge on any atom is 0.239 e. The van der Waals surface area contributed by atoms with Crippen molar-refractivity contribution in [2.24, 2.45) is 5.73 Å². The molecule has 1 saturated heterocycles. The number of hydrogen-bond donors (Lipinski definition) is 2. The molecule has 17 heavy (non-hydrogen) atoms. The number of nitrogens with two attached hydrogens (primary N) is 1. The van der Waals surface area contributed by atoms with Crippen molar-refractivity contribution in [1.29, 1.82) is 0 Å². The van der Waals surface area contributed by atoms with E-state index >= 15 is 0 Å². The average molecular weight is 234 g/mol. The number of aromatic nitrogens is 1. The highest BCUT2D eigenvalue weighted by atomic mass is 16.2. The van der Waals surface area contributed by atoms with Crippen LogP contribution < -0.4 is 16.0 Å². The van der Waals surface area contributed by atoms with Crippen molar-refractivity contribution in [2.75, 3.05) is 24.5 Å². The fourth-order valence-corrected chi connectivity index (χ4v) is 2.02. The van der Waals surface area contributed by atoms with E-state index in [9.17, 15) is 4.79 Å². The van der Waals surface area contributed by atoms with Crippen LogP contribution in [0.15, 0.2) is 18.3 Å². The molecule has 0 saturated carbocycles. The predicted octanol–water partition coefficient (Wildman–Crippen LogP) is 0.428. The topological polar surface area (TPSA) is 71.2 Å². The van der Waals surface area contributed by atoms with Crippen LogP contribution in [-0.4, -0.2) is 30.5 Å². The molecule has 1 aliphatic heterocycles. The third-order valence-electron chi connectivity index (χ3n) is 2.87. The van der Waals surface area contributed by atoms with Gasteiger partial charge in [-0.1, -0.05) is 6.07 Å². The Morgan fingerprint density at radius 2 is 2.41 bits per heavy atom. The number of nitrogens with one attached hydrogen (secondary N) is 1. The number of pyridine rings is 1. The molecule has 1 atom stereocenters. The van der Waals surface area contributed by atoms with Crippen molar-refractivity contribution < 1.29 is 4.79 Å². The van der Waals surface area contributed by atoms with Crippen molar-refractivity contribution in [2.45, 2.75) is 19.4 Å². The lowest BCUT2D eigenvalue weighted by Crippen LogP contribution is -2.34. The number of carbonyl (C=O) groups excluding carboxylic acids is 1. The van der Waals surface area contributed by atoms with Crippen molar-refractivity contribution in [3.8, 4) is 0 Å². The van der Waals surface area contributed by atoms with Crippen LogP contribution in [0.2, 0.25) is 0 Å². The first-order chi connectivity index (χ1) is 8.18. The number of carbonyl (C=O) groups is 1. The summed E-state index contributed by atoms with van der Waals surface area (Å²) in [5.41, 5.74) is 6.92. The highest BCUT2D eigenvalue weighted by Crippen LogP contribution is 2.22. The molecule has 0 radical (unpaired) electrons. The van der Waals surface area contributed by atoms with Gasteiger partial charge in [-0.2, -0.15) is 0 Å². The van der Waals surface area contributed by atoms with Crippen molar-refractivity contribution in [3.63, 3.8) is 0 Å². The van der Waals surface area contributed by atoms with Gasteiger partial charge in [0.2, 0.25) is 5.91 Å². The van der Waals surface area contributed by atoms with Gasteiger partial charge in [0.25, 0.3) is 0 Å². The summed E-state index contributed by atoms with van der Waals surface area (Å²) < 4.78 is 0. The summed E-state index contributed by atoms with van der Waals surface area (Å²) in [7, 11) is 0. The quantitative estimate of drug-likeness (QED) is 0.778. The Bertz CT molecular complexity index is 405. The molecule has 0 bridgehead atoms. The molecule has 2 rings (SSSR count). The first kappa shape index (κ1) is 11.9. The number of amides is 1. The molecule has 1 aromatic heterocycles. The Balaban J connectivity index is 2.28. The maximum atomic E-state index is 11.5. The second-order valence-electron chi connectivity index (χ2n) is 4.33. The van der Waals surface area contributed by atoms with Crippen LogP contribution >= 0.6 is 0 Å². The molecule has 5 nitrogen and oxygen atoms in total. The van der Waals surface area contributed by atoms with E-state index in [1.165, 1.54) is 0 Å². The second kappa shape index (κ2) is 5.14. The van der Waals surface area contributed by atoms with E-state index in [4.69, 9.17) is 5.73 Å². The van der Waals surface area contributed by atoms with Gasteiger partial charge in [0.05, 0.1) is 6.54 Å². The molecule has 0 aliphatic carbocycles. The third kappa shape index (κ3) is 2.74. The molecule has 1 unspecified atom stereocenters. The highest BCUT2D eigenvalue weighted by molar-refractivity contribution is 5.81. The van der Waals surface area contributed by atoms with E-state index in [0.717, 1.165) is 30.9 Å². The van der Waals surface area contributed by atoms with Gasteiger partial charge < -0.3 is 16.0 Å². The molecule has 3 N–H and O–H groups in total. The maximum absolute atomic E-state index is 11.5. The molecule has 92 valence electrons. The Kier molecular flexibility index (Phi) is 3.58. The van der Waals surface area contributed by atoms with Gasteiger partial charge in [0.1, 0.15) is 5.82 Å². The van der Waals surface area contributed by atoms with Crippen LogP contribution in [0.4, 0.5) is 5.82 Å². The van der Waals surface area contributed by atoms with Crippen LogP contribution in [0.3, 0.4) is 0 Å². The van der Waals surface area contributed by atoms with Crippen LogP contribution in [0.1, 0.15) is 24.9 Å². The lowest BCUT2D eigenvalue weighted by molar-refractivity contribution is -0.119. The van der Waals surface area contributed by atoms with Gasteiger partial charge >= 0.3 is 0 Å². The summed E-state index contributed by atoms with van der Waals surface area (Å²) in [6.45, 7) is 3.85. The molecule has 2 heterocycles. The van der Waals surface area contributed by atoms with Crippen molar-refractivity contribution in [1.82, 2.24) is 10.3 Å². The first-order valence-corrected chi connectivity index (χ1v) is 5.90. The molecule has 1 fully saturated rings. The van der Waals surface area contributed by atoms with Gasteiger partial charge in [-0.05, 0) is 19.4 Å². The Hall–Kier alpha value is -1.62. The van der Waals surface area contributed by atoms with Gasteiger partial charge in [-0.3, -0.25) is 4.79 Å². The second-order valence-corrected chi connectivity index (χ2v) is 4.33. The summed E-state index contributed by atoms with van der Waals surface area (Å²) in [6.07, 6.45) is 2.67. The fraction of sp³-hybridized carbons (Fsp3) is 0.500. The standard InChI is InChI=1S/C12H18N4O/c1-9(13)10-4-2-5-15-12(10)16-7-3-6-14-11(17)8-16/h2,4-5,9H,3,6-8,13H2,1H3,(H,14,17). The van der Waals surface area contributed by atoms with Crippen LogP contribution in [-0.2, 0) is 4.79 Å². The van der Waals surface area contributed by atoms with E-state index in [0.29, 0.717) is 6.54 Å². The molecular formula is C12H18N4O. The largest absolute Gasteiger partial charge is 0.354 e. The van der Waals surface area contributed by atoms with Gasteiger partial charge in [0.15, 0.2) is 0 Å². The summed E-state index contributed by atoms with van der Waals surface area (Å²) in [4.78, 5) is 17.9. The zero-order valence-corrected chi connectivity index (χ0v) is 10.0. The van der Waals surface area contributed by atoms with Gasteiger partial charge in [-0.25, -0.2) is 4.98 Å². The number of nitrogens with zero attached hydrogens (tertiary/aromatic N) is 2. The lowest BCUT2D eigenvalue weighted by Gasteiger charge is -2.24. The Morgan fingerprint density at radius 3 is 3.18 bits per heavy atom. The van der Waals surface area contributed by atoms with Crippen LogP contribution in [0, 0.1) is 0 Å². The molecule has 0 spiro atoms. The van der Waals surface area contributed by atoms with Crippen LogP contribution in [0.25, 0.3) is 0 Å². The molecular weight excluding hydrogens is 216 g/mol. The monoisotopic (exact) mass is 234 g/mol. The zero-order chi connectivity index (χ0) is 12.3. The number of anilines is 1. The summed E-state index contributed by atoms with van der Waals surface area (Å²) in [5.74, 6) is 0.878. The zero-order valence-electron chi connectivity index (χ0n) is 10.0. The van der Waals surface area contributed by atoms with E-state index in [1.807, 2.05) is 24.0 Å². The average Bonchev–Trinajstić information content (AvgIpc) is 2.54. The lowest BCUT2D eigenvalue weighted by atomic mass is 10.1. The predicted molar refractivity (Wildman–Crippen MR) is 66.7 cm³/mol. The minimum Gasteiger partial charge on any atom is -0.354 e. The summed E-state index contributed by atoms with van der Waals surface area (Å²) in [5, 5.41) is 2.85. The van der Waals surface area contributed by atoms with E-state index in [1.54, 1.807) is 6.20 Å². The molecule has 1 amide bonds. The number of hydrogen-bond acceptors (Lipinski definition) is 4. The third-order valence-corrected chi connectivity index (χ3v) is 2.87. The van der Waals surface area contributed by atoms with E-state index < -0.39 is 0 Å². The van der Waals surface area contributed by atoms with Crippen molar-refractivity contribution >= 4 is 11.7 Å². The summed E-state index contributed by atoms with van der Waals surface area (Å²) >= 11 is 0. The Labute approximate surface area is 101 Å². The Morgan fingerprint density at radius 1 is 1.59 bits per heavy atom. The van der Waals surface area contributed by atoms with Gasteiger partial charge in [0, 0.05) is 30.9 Å². The fourth-order valence-electron chi connectivity index (χ4n) is 2.02. The normalized spacial score (nSPS) is 18.5. The molecule has 1 aromatic rings. The summed E-state index contributed by atoms with van der Waals surface area (Å²) in [6, 6.07) is 3.76. The molecule has 0 aromatic carbocycles. The number of rotatable bonds is 2. The SMILES string of the molecule is CC(N)c1cccnc1N1CCCNC(=O)C1. The van der Waals surface area contributed by atoms with Crippen LogP contribution in [0.5, 0.6) is 0 Å².